The van der Waals surface area contributed by atoms with Crippen LogP contribution in [-0.4, -0.2) is 17.4 Å². The molecule has 4 nitrogen and oxygen atoms in total. The van der Waals surface area contributed by atoms with E-state index in [2.05, 4.69) is 12.1 Å². The molecule has 3 unspecified atom stereocenters. The van der Waals surface area contributed by atoms with Crippen LogP contribution in [0.2, 0.25) is 0 Å². The van der Waals surface area contributed by atoms with Crippen LogP contribution in [0.3, 0.4) is 0 Å². The van der Waals surface area contributed by atoms with Gasteiger partial charge in [0.05, 0.1) is 23.3 Å². The Morgan fingerprint density at radius 3 is 2.29 bits per heavy atom. The number of carbonyl (C=O) groups is 2. The fourth-order valence-electron chi connectivity index (χ4n) is 5.19. The minimum Gasteiger partial charge on any atom is -0.301 e. The van der Waals surface area contributed by atoms with E-state index in [0.29, 0.717) is 24.2 Å². The molecule has 3 atom stereocenters. The van der Waals surface area contributed by atoms with Gasteiger partial charge in [0.2, 0.25) is 5.91 Å². The molecule has 5 rings (SSSR count). The Morgan fingerprint density at radius 2 is 1.59 bits per heavy atom. The third-order valence-electron chi connectivity index (χ3n) is 6.82. The molecule has 0 aromatic heterocycles. The zero-order valence-corrected chi connectivity index (χ0v) is 19.3. The summed E-state index contributed by atoms with van der Waals surface area (Å²) in [7, 11) is 0. The van der Waals surface area contributed by atoms with Crippen molar-refractivity contribution in [3.63, 3.8) is 0 Å². The topological polar surface area (TPSA) is 49.7 Å². The summed E-state index contributed by atoms with van der Waals surface area (Å²) in [6.07, 6.45) is 1.02. The summed E-state index contributed by atoms with van der Waals surface area (Å²) >= 11 is 0. The van der Waals surface area contributed by atoms with Gasteiger partial charge < -0.3 is 4.90 Å². The van der Waals surface area contributed by atoms with E-state index in [1.807, 2.05) is 56.3 Å². The van der Waals surface area contributed by atoms with Gasteiger partial charge in [-0.1, -0.05) is 68.4 Å². The zero-order chi connectivity index (χ0) is 23.8. The second kappa shape index (κ2) is 8.98. The molecule has 34 heavy (non-hydrogen) atoms. The molecule has 0 bridgehead atoms. The Kier molecular flexibility index (Phi) is 5.86. The second-order valence-electron chi connectivity index (χ2n) is 9.41. The number of rotatable bonds is 3. The van der Waals surface area contributed by atoms with Crippen molar-refractivity contribution in [3.05, 3.63) is 95.8 Å². The average Bonchev–Trinajstić information content (AvgIpc) is 2.99. The number of anilines is 1. The van der Waals surface area contributed by atoms with Crippen molar-refractivity contribution in [1.29, 1.82) is 0 Å². The molecular formula is C29H27FN2O2. The van der Waals surface area contributed by atoms with Gasteiger partial charge in [-0.3, -0.25) is 14.6 Å². The van der Waals surface area contributed by atoms with E-state index in [4.69, 9.17) is 4.99 Å². The summed E-state index contributed by atoms with van der Waals surface area (Å²) in [5, 5.41) is 0. The SMILES string of the molecule is CC(C)C(=O)N1c2ccccc2N=C2CC(c3ccccc3)CC(=O)C2C1c1ccc(F)cc1. The van der Waals surface area contributed by atoms with Gasteiger partial charge in [-0.05, 0) is 47.7 Å². The van der Waals surface area contributed by atoms with E-state index in [1.54, 1.807) is 17.0 Å². The van der Waals surface area contributed by atoms with Crippen molar-refractivity contribution in [2.24, 2.45) is 16.8 Å². The third-order valence-corrected chi connectivity index (χ3v) is 6.82. The molecule has 1 heterocycles. The molecule has 1 aliphatic carbocycles. The number of nitrogens with zero attached hydrogens (tertiary/aromatic N) is 2. The van der Waals surface area contributed by atoms with Gasteiger partial charge in [0.25, 0.3) is 0 Å². The lowest BCUT2D eigenvalue weighted by atomic mass is 9.72. The standard InChI is InChI=1S/C29H27FN2O2/c1-18(2)29(34)32-25-11-7-6-10-23(25)31-24-16-21(19-8-4-3-5-9-19)17-26(33)27(24)28(32)20-12-14-22(30)15-13-20/h3-15,18,21,27-28H,16-17H2,1-2H3. The van der Waals surface area contributed by atoms with E-state index >= 15 is 0 Å². The molecule has 0 spiro atoms. The van der Waals surface area contributed by atoms with E-state index in [9.17, 15) is 14.0 Å². The normalized spacial score (nSPS) is 22.0. The van der Waals surface area contributed by atoms with Crippen LogP contribution in [-0.2, 0) is 9.59 Å². The minimum atomic E-state index is -0.583. The van der Waals surface area contributed by atoms with Crippen LogP contribution >= 0.6 is 0 Å². The highest BCUT2D eigenvalue weighted by atomic mass is 19.1. The minimum absolute atomic E-state index is 0.0390. The van der Waals surface area contributed by atoms with E-state index in [-0.39, 0.29) is 29.3 Å². The first kappa shape index (κ1) is 22.2. The average molecular weight is 455 g/mol. The van der Waals surface area contributed by atoms with Crippen molar-refractivity contribution in [2.45, 2.75) is 38.6 Å². The number of ketones is 1. The lowest BCUT2D eigenvalue weighted by Crippen LogP contribution is -2.46. The maximum atomic E-state index is 13.8. The van der Waals surface area contributed by atoms with Crippen molar-refractivity contribution in [2.75, 3.05) is 4.90 Å². The highest BCUT2D eigenvalue weighted by Gasteiger charge is 2.46. The maximum absolute atomic E-state index is 13.8. The number of hydrogen-bond donors (Lipinski definition) is 0. The van der Waals surface area contributed by atoms with Gasteiger partial charge in [0.15, 0.2) is 0 Å². The first-order valence-corrected chi connectivity index (χ1v) is 11.8. The molecular weight excluding hydrogens is 427 g/mol. The summed E-state index contributed by atoms with van der Waals surface area (Å²) in [6.45, 7) is 3.71. The van der Waals surface area contributed by atoms with E-state index in [0.717, 1.165) is 16.8 Å². The van der Waals surface area contributed by atoms with Crippen LogP contribution in [0.4, 0.5) is 15.8 Å². The third kappa shape index (κ3) is 3.96. The fraction of sp³-hybridized carbons (Fsp3) is 0.276. The summed E-state index contributed by atoms with van der Waals surface area (Å²) in [5.74, 6) is -1.21. The summed E-state index contributed by atoms with van der Waals surface area (Å²) < 4.78 is 13.8. The monoisotopic (exact) mass is 454 g/mol. The van der Waals surface area contributed by atoms with Crippen molar-refractivity contribution in [1.82, 2.24) is 0 Å². The molecule has 1 fully saturated rings. The molecule has 0 N–H and O–H groups in total. The van der Waals surface area contributed by atoms with Gasteiger partial charge in [0, 0.05) is 18.1 Å². The zero-order valence-electron chi connectivity index (χ0n) is 19.3. The lowest BCUT2D eigenvalue weighted by Gasteiger charge is -2.39. The molecule has 1 amide bonds. The van der Waals surface area contributed by atoms with E-state index < -0.39 is 12.0 Å². The maximum Gasteiger partial charge on any atom is 0.230 e. The van der Waals surface area contributed by atoms with Gasteiger partial charge in [-0.2, -0.15) is 0 Å². The largest absolute Gasteiger partial charge is 0.301 e. The summed E-state index contributed by atoms with van der Waals surface area (Å²) in [6, 6.07) is 23.2. The summed E-state index contributed by atoms with van der Waals surface area (Å²) in [5.41, 5.74) is 3.99. The number of carbonyl (C=O) groups excluding carboxylic acids is 2. The molecule has 2 aliphatic rings. The first-order chi connectivity index (χ1) is 16.4. The van der Waals surface area contributed by atoms with Gasteiger partial charge in [-0.25, -0.2) is 4.39 Å². The molecule has 3 aromatic carbocycles. The van der Waals surface area contributed by atoms with Gasteiger partial charge >= 0.3 is 0 Å². The number of aliphatic imine (C=N–C) groups is 1. The van der Waals surface area contributed by atoms with Crippen LogP contribution in [0.15, 0.2) is 83.9 Å². The molecule has 1 saturated carbocycles. The highest BCUT2D eigenvalue weighted by molar-refractivity contribution is 6.13. The smallest absolute Gasteiger partial charge is 0.230 e. The molecule has 0 radical (unpaired) electrons. The molecule has 5 heteroatoms. The predicted molar refractivity (Wildman–Crippen MR) is 132 cm³/mol. The van der Waals surface area contributed by atoms with Gasteiger partial charge in [-0.15, -0.1) is 0 Å². The van der Waals surface area contributed by atoms with Crippen LogP contribution in [0.5, 0.6) is 0 Å². The quantitative estimate of drug-likeness (QED) is 0.459. The molecule has 3 aromatic rings. The van der Waals surface area contributed by atoms with Crippen LogP contribution in [0.25, 0.3) is 0 Å². The predicted octanol–water partition coefficient (Wildman–Crippen LogP) is 6.41. The summed E-state index contributed by atoms with van der Waals surface area (Å²) in [4.78, 5) is 34.2. The number of halogens is 1. The number of fused-ring (bicyclic) bond motifs is 2. The molecule has 0 saturated heterocycles. The van der Waals surface area contributed by atoms with Gasteiger partial charge in [0.1, 0.15) is 11.6 Å². The van der Waals surface area contributed by atoms with E-state index in [1.165, 1.54) is 12.1 Å². The Labute approximate surface area is 199 Å². The number of Topliss-reactive ketones (excluding diaryl/α,β-unsaturated/α-hetero) is 1. The number of benzene rings is 3. The molecule has 172 valence electrons. The van der Waals surface area contributed by atoms with Crippen molar-refractivity contribution < 1.29 is 14.0 Å². The Morgan fingerprint density at radius 1 is 0.912 bits per heavy atom. The van der Waals surface area contributed by atoms with Crippen molar-refractivity contribution >= 4 is 28.8 Å². The first-order valence-electron chi connectivity index (χ1n) is 11.8. The van der Waals surface area contributed by atoms with Crippen molar-refractivity contribution in [3.8, 4) is 0 Å². The van der Waals surface area contributed by atoms with Crippen LogP contribution < -0.4 is 4.90 Å². The Bertz CT molecular complexity index is 1250. The second-order valence-corrected chi connectivity index (χ2v) is 9.41. The van der Waals surface area contributed by atoms with Crippen LogP contribution in [0, 0.1) is 17.7 Å². The highest BCUT2D eigenvalue weighted by Crippen LogP contribution is 2.47. The lowest BCUT2D eigenvalue weighted by molar-refractivity contribution is -0.124. The number of hydrogen-bond acceptors (Lipinski definition) is 3. The number of para-hydroxylation sites is 2. The number of amides is 1. The Hall–Kier alpha value is -3.60. The van der Waals surface area contributed by atoms with Crippen LogP contribution in [0.1, 0.15) is 49.8 Å². The Balaban J connectivity index is 1.70. The molecule has 1 aliphatic heterocycles. The fourth-order valence-corrected chi connectivity index (χ4v) is 5.19.